The summed E-state index contributed by atoms with van der Waals surface area (Å²) < 4.78 is 41.1. The standard InChI is InChI=1S/C35H37FN4O4S/c36-30-16-11-29(12-17-30)26-40(33(24-28-8-2-1-3-9-28)35(42)38-25-31-10-4-5-21-37-31)34(41)20-15-27-13-18-32(19-14-27)45(43,44)39-22-6-7-23-39/h1-5,8-14,16-19,21,33H,6-7,15,20,22-26H2,(H,38,42)/t33-/m1/s1. The fourth-order valence-corrected chi connectivity index (χ4v) is 6.96. The minimum Gasteiger partial charge on any atom is -0.349 e. The van der Waals surface area contributed by atoms with Crippen LogP contribution in [0.4, 0.5) is 4.39 Å². The van der Waals surface area contributed by atoms with E-state index < -0.39 is 16.1 Å². The number of aryl methyl sites for hydroxylation is 1. The van der Waals surface area contributed by atoms with E-state index >= 15 is 0 Å². The van der Waals surface area contributed by atoms with E-state index in [4.69, 9.17) is 0 Å². The minimum atomic E-state index is -3.53. The van der Waals surface area contributed by atoms with Gasteiger partial charge in [0.25, 0.3) is 0 Å². The molecule has 1 fully saturated rings. The molecule has 0 aliphatic carbocycles. The normalized spacial score (nSPS) is 14.2. The van der Waals surface area contributed by atoms with E-state index in [-0.39, 0.29) is 48.5 Å². The van der Waals surface area contributed by atoms with Gasteiger partial charge in [0.1, 0.15) is 11.9 Å². The molecular formula is C35H37FN4O4S. The Morgan fingerprint density at radius 3 is 2.18 bits per heavy atom. The molecule has 1 aromatic heterocycles. The third-order valence-corrected chi connectivity index (χ3v) is 9.87. The number of pyridine rings is 1. The topological polar surface area (TPSA) is 99.7 Å². The Kier molecular flexibility index (Phi) is 10.7. The molecule has 1 atom stereocenters. The monoisotopic (exact) mass is 628 g/mol. The van der Waals surface area contributed by atoms with Crippen molar-refractivity contribution in [3.05, 3.63) is 131 Å². The SMILES string of the molecule is O=C(NCc1ccccn1)[C@@H](Cc1ccccc1)N(Cc1ccc(F)cc1)C(=O)CCc1ccc(S(=O)(=O)N2CCCC2)cc1. The van der Waals surface area contributed by atoms with Gasteiger partial charge in [-0.1, -0.05) is 60.7 Å². The summed E-state index contributed by atoms with van der Waals surface area (Å²) in [5.41, 5.74) is 3.08. The van der Waals surface area contributed by atoms with Crippen LogP contribution in [-0.2, 0) is 45.5 Å². The van der Waals surface area contributed by atoms with Gasteiger partial charge in [0, 0.05) is 38.7 Å². The molecular weight excluding hydrogens is 591 g/mol. The van der Waals surface area contributed by atoms with Crippen LogP contribution in [0.5, 0.6) is 0 Å². The Morgan fingerprint density at radius 1 is 0.844 bits per heavy atom. The van der Waals surface area contributed by atoms with E-state index in [0.29, 0.717) is 30.8 Å². The van der Waals surface area contributed by atoms with Gasteiger partial charge in [-0.2, -0.15) is 4.31 Å². The number of carbonyl (C=O) groups is 2. The van der Waals surface area contributed by atoms with E-state index in [0.717, 1.165) is 24.0 Å². The summed E-state index contributed by atoms with van der Waals surface area (Å²) >= 11 is 0. The molecule has 234 valence electrons. The van der Waals surface area contributed by atoms with Crippen molar-refractivity contribution < 1.29 is 22.4 Å². The lowest BCUT2D eigenvalue weighted by Gasteiger charge is -2.31. The minimum absolute atomic E-state index is 0.0955. The van der Waals surface area contributed by atoms with Crippen molar-refractivity contribution in [2.45, 2.75) is 56.1 Å². The highest BCUT2D eigenvalue weighted by Crippen LogP contribution is 2.22. The van der Waals surface area contributed by atoms with Gasteiger partial charge in [-0.05, 0) is 72.4 Å². The van der Waals surface area contributed by atoms with Gasteiger partial charge < -0.3 is 10.2 Å². The molecule has 2 amide bonds. The third kappa shape index (κ3) is 8.61. The smallest absolute Gasteiger partial charge is 0.243 e. The summed E-state index contributed by atoms with van der Waals surface area (Å²) in [6, 6.07) is 26.7. The summed E-state index contributed by atoms with van der Waals surface area (Å²) in [7, 11) is -3.53. The number of aromatic nitrogens is 1. The molecule has 1 aliphatic heterocycles. The highest BCUT2D eigenvalue weighted by molar-refractivity contribution is 7.89. The second-order valence-electron chi connectivity index (χ2n) is 11.1. The largest absolute Gasteiger partial charge is 0.349 e. The number of rotatable bonds is 13. The van der Waals surface area contributed by atoms with Crippen molar-refractivity contribution in [1.82, 2.24) is 19.5 Å². The molecule has 1 saturated heterocycles. The second kappa shape index (κ2) is 15.0. The molecule has 0 saturated carbocycles. The zero-order chi connectivity index (χ0) is 31.6. The summed E-state index contributed by atoms with van der Waals surface area (Å²) in [6.07, 6.45) is 4.11. The van der Waals surface area contributed by atoms with Crippen LogP contribution in [0.3, 0.4) is 0 Å². The van der Waals surface area contributed by atoms with E-state index in [9.17, 15) is 22.4 Å². The Bertz CT molecular complexity index is 1660. The fourth-order valence-electron chi connectivity index (χ4n) is 5.44. The van der Waals surface area contributed by atoms with Crippen molar-refractivity contribution in [1.29, 1.82) is 0 Å². The summed E-state index contributed by atoms with van der Waals surface area (Å²) in [5.74, 6) is -0.959. The van der Waals surface area contributed by atoms with Gasteiger partial charge >= 0.3 is 0 Å². The van der Waals surface area contributed by atoms with Gasteiger partial charge in [-0.15, -0.1) is 0 Å². The molecule has 1 N–H and O–H groups in total. The van der Waals surface area contributed by atoms with Gasteiger partial charge in [-0.25, -0.2) is 12.8 Å². The highest BCUT2D eigenvalue weighted by atomic mass is 32.2. The molecule has 5 rings (SSSR count). The van der Waals surface area contributed by atoms with Crippen molar-refractivity contribution in [2.24, 2.45) is 0 Å². The summed E-state index contributed by atoms with van der Waals surface area (Å²) in [5, 5.41) is 2.95. The van der Waals surface area contributed by atoms with Crippen LogP contribution in [0, 0.1) is 5.82 Å². The maximum Gasteiger partial charge on any atom is 0.243 e. The van der Waals surface area contributed by atoms with Gasteiger partial charge in [0.15, 0.2) is 0 Å². The van der Waals surface area contributed by atoms with Gasteiger partial charge in [0.05, 0.1) is 17.1 Å². The Balaban J connectivity index is 1.36. The maximum atomic E-state index is 14.0. The third-order valence-electron chi connectivity index (χ3n) is 7.96. The summed E-state index contributed by atoms with van der Waals surface area (Å²) in [4.78, 5) is 33.8. The average Bonchev–Trinajstić information content (AvgIpc) is 3.63. The van der Waals surface area contributed by atoms with E-state index in [1.165, 1.54) is 16.4 Å². The average molecular weight is 629 g/mol. The van der Waals surface area contributed by atoms with E-state index in [1.807, 2.05) is 42.5 Å². The number of halogens is 1. The molecule has 4 aromatic rings. The van der Waals surface area contributed by atoms with Crippen LogP contribution in [0.25, 0.3) is 0 Å². The lowest BCUT2D eigenvalue weighted by Crippen LogP contribution is -2.50. The van der Waals surface area contributed by atoms with Crippen molar-refractivity contribution in [2.75, 3.05) is 13.1 Å². The quantitative estimate of drug-likeness (QED) is 0.227. The van der Waals surface area contributed by atoms with Gasteiger partial charge in [0.2, 0.25) is 21.8 Å². The van der Waals surface area contributed by atoms with Crippen LogP contribution in [0.15, 0.2) is 108 Å². The van der Waals surface area contributed by atoms with Crippen LogP contribution < -0.4 is 5.32 Å². The molecule has 3 aromatic carbocycles. The predicted octanol–water partition coefficient (Wildman–Crippen LogP) is 4.89. The number of carbonyl (C=O) groups excluding carboxylic acids is 2. The fraction of sp³-hybridized carbons (Fsp3) is 0.286. The molecule has 0 radical (unpaired) electrons. The first-order valence-corrected chi connectivity index (χ1v) is 16.6. The van der Waals surface area contributed by atoms with Gasteiger partial charge in [-0.3, -0.25) is 14.6 Å². The van der Waals surface area contributed by atoms with Crippen molar-refractivity contribution in [3.63, 3.8) is 0 Å². The molecule has 0 unspecified atom stereocenters. The van der Waals surface area contributed by atoms with E-state index in [2.05, 4.69) is 10.3 Å². The van der Waals surface area contributed by atoms with E-state index in [1.54, 1.807) is 53.6 Å². The van der Waals surface area contributed by atoms with Crippen LogP contribution >= 0.6 is 0 Å². The summed E-state index contributed by atoms with van der Waals surface area (Å²) in [6.45, 7) is 1.38. The molecule has 0 spiro atoms. The molecule has 1 aliphatic rings. The lowest BCUT2D eigenvalue weighted by molar-refractivity contribution is -0.141. The second-order valence-corrected chi connectivity index (χ2v) is 13.1. The van der Waals surface area contributed by atoms with Crippen LogP contribution in [-0.4, -0.2) is 53.6 Å². The number of nitrogens with zero attached hydrogens (tertiary/aromatic N) is 3. The highest BCUT2D eigenvalue weighted by Gasteiger charge is 2.31. The van der Waals surface area contributed by atoms with Crippen LogP contribution in [0.2, 0.25) is 0 Å². The number of benzene rings is 3. The number of hydrogen-bond donors (Lipinski definition) is 1. The number of sulfonamides is 1. The Labute approximate surface area is 264 Å². The molecule has 0 bridgehead atoms. The lowest BCUT2D eigenvalue weighted by atomic mass is 10.0. The first kappa shape index (κ1) is 32.0. The zero-order valence-corrected chi connectivity index (χ0v) is 25.8. The molecule has 2 heterocycles. The maximum absolute atomic E-state index is 14.0. The predicted molar refractivity (Wildman–Crippen MR) is 170 cm³/mol. The zero-order valence-electron chi connectivity index (χ0n) is 25.0. The molecule has 8 nitrogen and oxygen atoms in total. The molecule has 45 heavy (non-hydrogen) atoms. The number of amides is 2. The van der Waals surface area contributed by atoms with Crippen molar-refractivity contribution in [3.8, 4) is 0 Å². The van der Waals surface area contributed by atoms with Crippen molar-refractivity contribution >= 4 is 21.8 Å². The number of hydrogen-bond acceptors (Lipinski definition) is 5. The molecule has 10 heteroatoms. The Morgan fingerprint density at radius 2 is 1.51 bits per heavy atom. The number of nitrogens with one attached hydrogen (secondary N) is 1. The first-order valence-electron chi connectivity index (χ1n) is 15.1. The Hall–Kier alpha value is -4.41. The van der Waals surface area contributed by atoms with Crippen LogP contribution in [0.1, 0.15) is 41.6 Å². The first-order chi connectivity index (χ1) is 21.8.